The molecule has 1 aliphatic rings. The third kappa shape index (κ3) is 5.31. The van der Waals surface area contributed by atoms with Gasteiger partial charge in [0.15, 0.2) is 5.13 Å². The number of anilines is 1. The number of esters is 1. The van der Waals surface area contributed by atoms with Crippen LogP contribution in [0, 0.1) is 13.8 Å². The Morgan fingerprint density at radius 2 is 1.97 bits per heavy atom. The van der Waals surface area contributed by atoms with E-state index in [1.165, 1.54) is 27.2 Å². The average molecular weight is 490 g/mol. The van der Waals surface area contributed by atoms with E-state index in [9.17, 15) is 14.4 Å². The van der Waals surface area contributed by atoms with Crippen molar-refractivity contribution in [1.29, 1.82) is 0 Å². The van der Waals surface area contributed by atoms with Crippen LogP contribution in [0.25, 0.3) is 10.2 Å². The van der Waals surface area contributed by atoms with Gasteiger partial charge in [0.05, 0.1) is 30.7 Å². The fraction of sp³-hybridized carbons (Fsp3) is 0.500. The van der Waals surface area contributed by atoms with E-state index in [1.54, 1.807) is 12.3 Å². The molecule has 9 nitrogen and oxygen atoms in total. The summed E-state index contributed by atoms with van der Waals surface area (Å²) >= 11 is 2.75. The maximum absolute atomic E-state index is 13.4. The van der Waals surface area contributed by atoms with Crippen LogP contribution < -0.4 is 10.9 Å². The monoisotopic (exact) mass is 489 g/mol. The molecule has 1 saturated heterocycles. The van der Waals surface area contributed by atoms with Gasteiger partial charge >= 0.3 is 5.97 Å². The van der Waals surface area contributed by atoms with E-state index >= 15 is 0 Å². The minimum absolute atomic E-state index is 0.0526. The molecule has 0 aromatic carbocycles. The number of thiazole rings is 1. The Hall–Kier alpha value is -2.63. The van der Waals surface area contributed by atoms with Crippen LogP contribution in [0.15, 0.2) is 10.2 Å². The molecule has 1 N–H and O–H groups in total. The Kier molecular flexibility index (Phi) is 7.20. The summed E-state index contributed by atoms with van der Waals surface area (Å²) in [5.74, 6) is -0.116. The van der Waals surface area contributed by atoms with Crippen LogP contribution in [0.1, 0.15) is 41.7 Å². The minimum atomic E-state index is -0.361. The van der Waals surface area contributed by atoms with Crippen molar-refractivity contribution >= 4 is 49.9 Å². The third-order valence-electron chi connectivity index (χ3n) is 5.66. The lowest BCUT2D eigenvalue weighted by Gasteiger charge is -2.18. The van der Waals surface area contributed by atoms with Crippen LogP contribution in [0.2, 0.25) is 0 Å². The first kappa shape index (κ1) is 23.5. The van der Waals surface area contributed by atoms with E-state index in [1.807, 2.05) is 13.8 Å². The first-order valence-corrected chi connectivity index (χ1v) is 12.7. The number of aromatic nitrogens is 3. The number of likely N-dealkylation sites (tertiary alicyclic amines) is 1. The quantitative estimate of drug-likeness (QED) is 0.485. The van der Waals surface area contributed by atoms with E-state index in [2.05, 4.69) is 15.2 Å². The fourth-order valence-corrected chi connectivity index (χ4v) is 5.67. The number of thiophene rings is 1. The van der Waals surface area contributed by atoms with Crippen molar-refractivity contribution in [2.75, 3.05) is 25.0 Å². The smallest absolute Gasteiger partial charge is 0.311 e. The molecule has 176 valence electrons. The predicted octanol–water partition coefficient (Wildman–Crippen LogP) is 2.87. The van der Waals surface area contributed by atoms with Gasteiger partial charge in [-0.05, 0) is 52.3 Å². The lowest BCUT2D eigenvalue weighted by Crippen LogP contribution is -2.33. The molecule has 4 heterocycles. The van der Waals surface area contributed by atoms with Gasteiger partial charge in [0.25, 0.3) is 5.56 Å². The topological polar surface area (TPSA) is 106 Å². The molecule has 3 aromatic rings. The highest BCUT2D eigenvalue weighted by Gasteiger charge is 2.21. The number of nitrogens with one attached hydrogen (secondary N) is 1. The molecule has 1 amide bonds. The molecule has 0 saturated carbocycles. The van der Waals surface area contributed by atoms with E-state index in [-0.39, 0.29) is 30.4 Å². The Balaban J connectivity index is 1.56. The van der Waals surface area contributed by atoms with Crippen molar-refractivity contribution in [2.24, 2.45) is 0 Å². The van der Waals surface area contributed by atoms with Gasteiger partial charge < -0.3 is 10.1 Å². The molecule has 0 bridgehead atoms. The average Bonchev–Trinajstić information content (AvgIpc) is 3.48. The maximum atomic E-state index is 13.4. The minimum Gasteiger partial charge on any atom is -0.466 e. The second kappa shape index (κ2) is 10.1. The van der Waals surface area contributed by atoms with Crippen molar-refractivity contribution in [3.05, 3.63) is 37.7 Å². The zero-order chi connectivity index (χ0) is 23.5. The van der Waals surface area contributed by atoms with Gasteiger partial charge in [0.2, 0.25) is 5.91 Å². The van der Waals surface area contributed by atoms with Gasteiger partial charge in [-0.2, -0.15) is 0 Å². The van der Waals surface area contributed by atoms with E-state index in [4.69, 9.17) is 9.72 Å². The second-order valence-electron chi connectivity index (χ2n) is 8.04. The van der Waals surface area contributed by atoms with Gasteiger partial charge in [0.1, 0.15) is 17.2 Å². The number of hydrogen-bond donors (Lipinski definition) is 1. The summed E-state index contributed by atoms with van der Waals surface area (Å²) in [6.45, 7) is 8.27. The number of rotatable bonds is 8. The number of aryl methyl sites for hydroxylation is 2. The van der Waals surface area contributed by atoms with Crippen molar-refractivity contribution in [3.63, 3.8) is 0 Å². The lowest BCUT2D eigenvalue weighted by molar-refractivity contribution is -0.142. The number of amides is 1. The van der Waals surface area contributed by atoms with Crippen LogP contribution >= 0.6 is 22.7 Å². The molecule has 11 heteroatoms. The number of nitrogens with zero attached hydrogens (tertiary/aromatic N) is 4. The lowest BCUT2D eigenvalue weighted by atomic mass is 10.2. The molecular weight excluding hydrogens is 462 g/mol. The highest BCUT2D eigenvalue weighted by atomic mass is 32.1. The number of hydrogen-bond acceptors (Lipinski definition) is 9. The maximum Gasteiger partial charge on any atom is 0.311 e. The van der Waals surface area contributed by atoms with Gasteiger partial charge in [-0.3, -0.25) is 23.9 Å². The molecular formula is C22H27N5O4S2. The largest absolute Gasteiger partial charge is 0.466 e. The van der Waals surface area contributed by atoms with Gasteiger partial charge in [-0.25, -0.2) is 9.97 Å². The summed E-state index contributed by atoms with van der Waals surface area (Å²) in [5.41, 5.74) is 1.26. The zero-order valence-electron chi connectivity index (χ0n) is 19.0. The first-order chi connectivity index (χ1) is 15.9. The highest BCUT2D eigenvalue weighted by molar-refractivity contribution is 7.18. The van der Waals surface area contributed by atoms with Crippen LogP contribution in [-0.2, 0) is 33.8 Å². The summed E-state index contributed by atoms with van der Waals surface area (Å²) in [6.07, 6.45) is 2.31. The number of carbonyl (C=O) groups excluding carboxylic acids is 2. The summed E-state index contributed by atoms with van der Waals surface area (Å²) in [4.78, 5) is 51.0. The number of carbonyl (C=O) groups is 2. The SMILES string of the molecule is CCOC(=O)Cc1csc(NC(=O)Cn2c(CN3CCCC3)nc3sc(C)c(C)c3c2=O)n1. The Morgan fingerprint density at radius 3 is 2.70 bits per heavy atom. The third-order valence-corrected chi connectivity index (χ3v) is 7.57. The van der Waals surface area contributed by atoms with Gasteiger partial charge in [-0.1, -0.05) is 0 Å². The first-order valence-electron chi connectivity index (χ1n) is 11.0. The molecule has 0 radical (unpaired) electrons. The molecule has 1 fully saturated rings. The summed E-state index contributed by atoms with van der Waals surface area (Å²) in [5, 5.41) is 5.43. The predicted molar refractivity (Wildman–Crippen MR) is 129 cm³/mol. The second-order valence-corrected chi connectivity index (χ2v) is 10.1. The van der Waals surface area contributed by atoms with Crippen LogP contribution in [0.4, 0.5) is 5.13 Å². The standard InChI is InChI=1S/C22H27N5O4S2/c1-4-31-18(29)9-15-12-32-22(23-15)25-17(28)11-27-16(10-26-7-5-6-8-26)24-20-19(21(27)30)13(2)14(3)33-20/h12H,4-11H2,1-3H3,(H,23,25,28). The molecule has 0 atom stereocenters. The van der Waals surface area contributed by atoms with Crippen molar-refractivity contribution < 1.29 is 14.3 Å². The zero-order valence-corrected chi connectivity index (χ0v) is 20.6. The van der Waals surface area contributed by atoms with E-state index in [0.717, 1.165) is 41.2 Å². The van der Waals surface area contributed by atoms with Gasteiger partial charge in [0, 0.05) is 10.3 Å². The normalized spacial score (nSPS) is 14.2. The molecule has 3 aromatic heterocycles. The van der Waals surface area contributed by atoms with Gasteiger partial charge in [-0.15, -0.1) is 22.7 Å². The summed E-state index contributed by atoms with van der Waals surface area (Å²) in [7, 11) is 0. The van der Waals surface area contributed by atoms with Crippen LogP contribution in [-0.4, -0.2) is 51.0 Å². The molecule has 33 heavy (non-hydrogen) atoms. The molecule has 4 rings (SSSR count). The van der Waals surface area contributed by atoms with Crippen molar-refractivity contribution in [2.45, 2.75) is 53.1 Å². The molecule has 0 spiro atoms. The van der Waals surface area contributed by atoms with Crippen LogP contribution in [0.3, 0.4) is 0 Å². The van der Waals surface area contributed by atoms with E-state index in [0.29, 0.717) is 35.2 Å². The number of ether oxygens (including phenoxy) is 1. The van der Waals surface area contributed by atoms with Crippen molar-refractivity contribution in [3.8, 4) is 0 Å². The Bertz CT molecular complexity index is 1240. The van der Waals surface area contributed by atoms with Crippen molar-refractivity contribution in [1.82, 2.24) is 19.4 Å². The molecule has 0 unspecified atom stereocenters. The highest BCUT2D eigenvalue weighted by Crippen LogP contribution is 2.27. The molecule has 1 aliphatic heterocycles. The fourth-order valence-electron chi connectivity index (χ4n) is 3.90. The summed E-state index contributed by atoms with van der Waals surface area (Å²) < 4.78 is 6.42. The Morgan fingerprint density at radius 1 is 1.21 bits per heavy atom. The Labute approximate surface area is 199 Å². The van der Waals surface area contributed by atoms with Crippen LogP contribution in [0.5, 0.6) is 0 Å². The molecule has 0 aliphatic carbocycles. The number of fused-ring (bicyclic) bond motifs is 1. The summed E-state index contributed by atoms with van der Waals surface area (Å²) in [6, 6.07) is 0. The van der Waals surface area contributed by atoms with E-state index < -0.39 is 0 Å².